The fourth-order valence-electron chi connectivity index (χ4n) is 11.9. The number of halogens is 5. The quantitative estimate of drug-likeness (QED) is 0.105. The van der Waals surface area contributed by atoms with Crippen LogP contribution in [0.25, 0.3) is 32.3 Å². The summed E-state index contributed by atoms with van der Waals surface area (Å²) in [7, 11) is 0. The molecule has 19 nitrogen and oxygen atoms in total. The number of carbonyl (C=O) groups excluding carboxylic acids is 3. The maximum atomic E-state index is 14.0. The number of carbonyl (C=O) groups is 3. The molecule has 0 N–H and O–H groups in total. The normalized spacial score (nSPS) is 15.4. The third kappa shape index (κ3) is 13.9. The maximum absolute atomic E-state index is 14.0. The van der Waals surface area contributed by atoms with Gasteiger partial charge in [-0.3, -0.25) is 28.8 Å². The summed E-state index contributed by atoms with van der Waals surface area (Å²) in [5.41, 5.74) is 1.52. The highest BCUT2D eigenvalue weighted by Gasteiger charge is 2.35. The average molecular weight is 1280 g/mol. The monoisotopic (exact) mass is 1270 g/mol. The van der Waals surface area contributed by atoms with Crippen molar-refractivity contribution in [2.75, 3.05) is 93.2 Å². The van der Waals surface area contributed by atoms with Gasteiger partial charge in [0.15, 0.2) is 17.1 Å². The van der Waals surface area contributed by atoms with Crippen molar-refractivity contribution in [3.63, 3.8) is 0 Å². The molecule has 0 unspecified atom stereocenters. The lowest BCUT2D eigenvalue weighted by atomic mass is 10.1. The molecule has 0 atom stereocenters. The predicted molar refractivity (Wildman–Crippen MR) is 347 cm³/mol. The summed E-state index contributed by atoms with van der Waals surface area (Å²) in [5, 5.41) is 16.1. The molecule has 0 radical (unpaired) electrons. The van der Waals surface area contributed by atoms with Crippen LogP contribution in [-0.2, 0) is 31.7 Å². The second-order valence-electron chi connectivity index (χ2n) is 23.1. The summed E-state index contributed by atoms with van der Waals surface area (Å²) < 4.78 is 77.1. The molecule has 6 aromatic carbocycles. The van der Waals surface area contributed by atoms with Crippen molar-refractivity contribution in [2.45, 2.75) is 78.4 Å². The topological polar surface area (TPSA) is 185 Å². The van der Waals surface area contributed by atoms with Crippen molar-refractivity contribution < 1.29 is 41.1 Å². The van der Waals surface area contributed by atoms with Crippen molar-refractivity contribution in [3.05, 3.63) is 205 Å². The van der Waals surface area contributed by atoms with Crippen LogP contribution >= 0.6 is 0 Å². The van der Waals surface area contributed by atoms with E-state index in [1.54, 1.807) is 109 Å². The van der Waals surface area contributed by atoms with E-state index >= 15 is 0 Å². The van der Waals surface area contributed by atoms with Gasteiger partial charge in [-0.1, -0.05) is 91.0 Å². The first-order valence-corrected chi connectivity index (χ1v) is 31.3. The summed E-state index contributed by atoms with van der Waals surface area (Å²) >= 11 is 0. The van der Waals surface area contributed by atoms with Gasteiger partial charge in [0.25, 0.3) is 40.3 Å². The lowest BCUT2D eigenvalue weighted by molar-refractivity contribution is -0.137. The van der Waals surface area contributed by atoms with Gasteiger partial charge in [0.1, 0.15) is 5.75 Å². The van der Waals surface area contributed by atoms with Gasteiger partial charge < -0.3 is 34.1 Å². The minimum atomic E-state index is -4.40. The summed E-state index contributed by atoms with van der Waals surface area (Å²) in [5.74, 6) is -2.69. The second kappa shape index (κ2) is 27.4. The Morgan fingerprint density at radius 3 is 1.18 bits per heavy atom. The number of piperazine rings is 3. The molecule has 1 saturated carbocycles. The number of fused-ring (bicyclic) bond motifs is 3. The van der Waals surface area contributed by atoms with Crippen molar-refractivity contribution in [1.82, 2.24) is 44.0 Å². The number of anilines is 3. The van der Waals surface area contributed by atoms with Gasteiger partial charge in [0, 0.05) is 138 Å². The Hall–Kier alpha value is -10.0. The number of hydrogen-bond donors (Lipinski definition) is 0. The Labute approximate surface area is 532 Å². The maximum Gasteiger partial charge on any atom is 0.416 e. The zero-order valence-corrected chi connectivity index (χ0v) is 52.1. The van der Waals surface area contributed by atoms with Crippen LogP contribution in [0.2, 0.25) is 0 Å². The van der Waals surface area contributed by atoms with Gasteiger partial charge in [0.2, 0.25) is 0 Å². The number of aryl methyl sites for hydroxylation is 3. The van der Waals surface area contributed by atoms with E-state index in [1.807, 2.05) is 52.0 Å². The molecule has 13 rings (SSSR count). The minimum absolute atomic E-state index is 0.0162. The molecule has 4 fully saturated rings. The van der Waals surface area contributed by atoms with E-state index in [2.05, 4.69) is 26.3 Å². The van der Waals surface area contributed by atoms with Crippen LogP contribution < -0.4 is 36.1 Å². The van der Waals surface area contributed by atoms with Gasteiger partial charge in [-0.25, -0.2) is 22.8 Å². The number of alkyl halides is 5. The highest BCUT2D eigenvalue weighted by Crippen LogP contribution is 2.37. The Morgan fingerprint density at radius 1 is 0.441 bits per heavy atom. The number of ether oxygens (including phenoxy) is 1. The van der Waals surface area contributed by atoms with Crippen molar-refractivity contribution >= 4 is 67.1 Å². The number of benzene rings is 6. The van der Waals surface area contributed by atoms with E-state index in [9.17, 15) is 50.7 Å². The summed E-state index contributed by atoms with van der Waals surface area (Å²) in [4.78, 5) is 88.6. The van der Waals surface area contributed by atoms with Crippen LogP contribution in [0.15, 0.2) is 160 Å². The predicted octanol–water partition coefficient (Wildman–Crippen LogP) is 9.81. The standard InChI is InChI=1S/C24H26N4O3.C23H24F2N4O2.C22H21F3N4O2/c1-2-28-23(29)19-8-4-3-7-18(19)22(25-28)24(30)27-15-13-26(14-16-27)20-9-5-6-10-21(20)31-17-11-12-17;1-3-29-21(30)17-9-5-4-8-16(17)20(26-29)22(31)28-14-12-27(13-15-28)19-11-7-6-10-18(19)23(2,24)25;1-2-29-20(30)18-9-4-3-8-17(18)19(26-29)21(31)28-12-10-27(11-13-28)16-7-5-6-15(14-16)22(23,24)25/h3-10,17H,2,11-16H2,1H3;4-11H,3,12-15H2,1-2H3;3-9,14H,2,10-13H2,1H3. The van der Waals surface area contributed by atoms with Crippen LogP contribution in [0.3, 0.4) is 0 Å². The molecule has 484 valence electrons. The van der Waals surface area contributed by atoms with Gasteiger partial charge in [-0.15, -0.1) is 0 Å². The SMILES string of the molecule is CCn1nc(C(=O)N2CCN(c3cccc(C(F)(F)F)c3)CC2)c2ccccc2c1=O.CCn1nc(C(=O)N2CCN(c3ccccc3C(C)(F)F)CC2)c2ccccc2c1=O.CCn1nc(C(=O)N2CCN(c3ccccc3OC3CC3)CC2)c2ccccc2c1=O. The Morgan fingerprint density at radius 2 is 0.796 bits per heavy atom. The van der Waals surface area contributed by atoms with Gasteiger partial charge in [-0.2, -0.15) is 28.5 Å². The van der Waals surface area contributed by atoms with Gasteiger partial charge in [-0.05, 0) is 88.2 Å². The third-order valence-corrected chi connectivity index (χ3v) is 17.1. The number of amides is 3. The highest BCUT2D eigenvalue weighted by atomic mass is 19.4. The Kier molecular flexibility index (Phi) is 19.0. The molecule has 0 bridgehead atoms. The number of hydrogen-bond acceptors (Lipinski definition) is 13. The largest absolute Gasteiger partial charge is 0.488 e. The van der Waals surface area contributed by atoms with Gasteiger partial charge in [0.05, 0.1) is 33.5 Å². The molecule has 0 spiro atoms. The fourth-order valence-corrected chi connectivity index (χ4v) is 11.9. The second-order valence-corrected chi connectivity index (χ2v) is 23.1. The molecule has 9 aromatic rings. The van der Waals surface area contributed by atoms with Crippen LogP contribution in [0, 0.1) is 0 Å². The summed E-state index contributed by atoms with van der Waals surface area (Å²) in [6.07, 6.45) is -1.81. The summed E-state index contributed by atoms with van der Waals surface area (Å²) in [6, 6.07) is 40.9. The smallest absolute Gasteiger partial charge is 0.416 e. The Balaban J connectivity index is 0.000000143. The fraction of sp³-hybridized carbons (Fsp3) is 0.348. The minimum Gasteiger partial charge on any atom is -0.488 e. The lowest BCUT2D eigenvalue weighted by Crippen LogP contribution is -2.49. The molecule has 3 aliphatic heterocycles. The summed E-state index contributed by atoms with van der Waals surface area (Å²) in [6.45, 7) is 13.2. The first-order chi connectivity index (χ1) is 44.8. The first kappa shape index (κ1) is 64.5. The molecule has 3 aromatic heterocycles. The molecule has 3 amide bonds. The van der Waals surface area contributed by atoms with Gasteiger partial charge >= 0.3 is 6.18 Å². The van der Waals surface area contributed by atoms with Crippen LogP contribution in [0.1, 0.15) is 83.1 Å². The van der Waals surface area contributed by atoms with E-state index in [0.29, 0.717) is 141 Å². The van der Waals surface area contributed by atoms with E-state index in [0.717, 1.165) is 56.4 Å². The van der Waals surface area contributed by atoms with E-state index in [1.165, 1.54) is 26.2 Å². The number of para-hydroxylation sites is 3. The third-order valence-electron chi connectivity index (χ3n) is 17.1. The first-order valence-electron chi connectivity index (χ1n) is 31.3. The molecular weight excluding hydrogens is 1200 g/mol. The number of nitrogens with zero attached hydrogens (tertiary/aromatic N) is 12. The molecule has 4 aliphatic rings. The Bertz CT molecular complexity index is 4430. The molecule has 3 saturated heterocycles. The van der Waals surface area contributed by atoms with E-state index < -0.39 is 17.7 Å². The van der Waals surface area contributed by atoms with Crippen LogP contribution in [0.4, 0.5) is 39.0 Å². The molecular formula is C69H71F5N12O7. The molecule has 24 heteroatoms. The van der Waals surface area contributed by atoms with Crippen molar-refractivity contribution in [3.8, 4) is 5.75 Å². The zero-order chi connectivity index (χ0) is 65.7. The van der Waals surface area contributed by atoms with E-state index in [-0.39, 0.29) is 51.4 Å². The molecule has 93 heavy (non-hydrogen) atoms. The van der Waals surface area contributed by atoms with E-state index in [4.69, 9.17) is 4.74 Å². The molecule has 6 heterocycles. The zero-order valence-electron chi connectivity index (χ0n) is 52.1. The number of aromatic nitrogens is 6. The molecule has 1 aliphatic carbocycles. The lowest BCUT2D eigenvalue weighted by Gasteiger charge is -2.37. The van der Waals surface area contributed by atoms with Crippen molar-refractivity contribution in [2.24, 2.45) is 0 Å². The average Bonchev–Trinajstić information content (AvgIpc) is 1.41. The van der Waals surface area contributed by atoms with Crippen LogP contribution in [0.5, 0.6) is 5.75 Å². The highest BCUT2D eigenvalue weighted by molar-refractivity contribution is 6.06. The van der Waals surface area contributed by atoms with Crippen LogP contribution in [-0.4, -0.2) is 146 Å². The number of rotatable bonds is 12. The van der Waals surface area contributed by atoms with Crippen molar-refractivity contribution in [1.29, 1.82) is 0 Å².